The molecule has 0 bridgehead atoms. The number of esters is 1. The third kappa shape index (κ3) is 4.09. The number of carbonyl (C=O) groups excluding carboxylic acids is 1. The van der Waals surface area contributed by atoms with Gasteiger partial charge in [0, 0.05) is 0 Å². The summed E-state index contributed by atoms with van der Waals surface area (Å²) >= 11 is 0. The van der Waals surface area contributed by atoms with Crippen LogP contribution in [-0.4, -0.2) is 13.1 Å². The van der Waals surface area contributed by atoms with Crippen molar-refractivity contribution in [2.24, 2.45) is 29.6 Å². The molecule has 0 amide bonds. The van der Waals surface area contributed by atoms with Gasteiger partial charge in [-0.05, 0) is 98.1 Å². The van der Waals surface area contributed by atoms with Crippen LogP contribution in [-0.2, 0) is 17.6 Å². The summed E-state index contributed by atoms with van der Waals surface area (Å²) in [5, 5.41) is 0. The van der Waals surface area contributed by atoms with Gasteiger partial charge in [-0.1, -0.05) is 26.2 Å². The zero-order valence-corrected chi connectivity index (χ0v) is 17.8. The molecule has 2 saturated carbocycles. The molecule has 0 radical (unpaired) electrons. The van der Waals surface area contributed by atoms with E-state index in [1.165, 1.54) is 64.5 Å². The van der Waals surface area contributed by atoms with Crippen molar-refractivity contribution in [1.29, 1.82) is 0 Å². The van der Waals surface area contributed by atoms with Crippen molar-refractivity contribution in [3.8, 4) is 0 Å². The van der Waals surface area contributed by atoms with Gasteiger partial charge in [0.15, 0.2) is 11.6 Å². The highest BCUT2D eigenvalue weighted by molar-refractivity contribution is 5.90. The largest absolute Gasteiger partial charge is 0.465 e. The van der Waals surface area contributed by atoms with Crippen LogP contribution in [0, 0.1) is 41.2 Å². The third-order valence-corrected chi connectivity index (χ3v) is 8.18. The molecule has 2 nitrogen and oxygen atoms in total. The highest BCUT2D eigenvalue weighted by atomic mass is 19.2. The summed E-state index contributed by atoms with van der Waals surface area (Å²) in [6.07, 6.45) is 13.0. The van der Waals surface area contributed by atoms with Crippen LogP contribution in [0.5, 0.6) is 0 Å². The van der Waals surface area contributed by atoms with E-state index in [9.17, 15) is 13.6 Å². The summed E-state index contributed by atoms with van der Waals surface area (Å²) in [4.78, 5) is 11.8. The van der Waals surface area contributed by atoms with Gasteiger partial charge in [0.2, 0.25) is 0 Å². The van der Waals surface area contributed by atoms with Gasteiger partial charge in [-0.2, -0.15) is 0 Å². The standard InChI is InChI=1S/C25H34F2O2/c1-3-4-15-5-6-17-12-18(8-7-16(17)11-15)19-9-10-20-14-22(25(28)29-2)24(27)23(26)21(20)13-19/h14-19H,3-13H2,1-2H3. The quantitative estimate of drug-likeness (QED) is 0.536. The number of carbonyl (C=O) groups is 1. The molecule has 0 aliphatic heterocycles. The Balaban J connectivity index is 1.44. The first kappa shape index (κ1) is 20.8. The van der Waals surface area contributed by atoms with Crippen LogP contribution in [0.3, 0.4) is 0 Å². The minimum absolute atomic E-state index is 0.272. The van der Waals surface area contributed by atoms with Gasteiger partial charge in [0.1, 0.15) is 0 Å². The van der Waals surface area contributed by atoms with Gasteiger partial charge >= 0.3 is 5.97 Å². The first-order valence-corrected chi connectivity index (χ1v) is 11.6. The Morgan fingerprint density at radius 1 is 1.00 bits per heavy atom. The van der Waals surface area contributed by atoms with E-state index in [0.717, 1.165) is 36.2 Å². The highest BCUT2D eigenvalue weighted by Crippen LogP contribution is 2.49. The number of aryl methyl sites for hydroxylation is 1. The van der Waals surface area contributed by atoms with Gasteiger partial charge in [0.05, 0.1) is 12.7 Å². The lowest BCUT2D eigenvalue weighted by Gasteiger charge is -2.45. The van der Waals surface area contributed by atoms with Crippen molar-refractivity contribution >= 4 is 5.97 Å². The summed E-state index contributed by atoms with van der Waals surface area (Å²) in [7, 11) is 1.20. The van der Waals surface area contributed by atoms with E-state index >= 15 is 0 Å². The first-order chi connectivity index (χ1) is 14.0. The Kier molecular flexibility index (Phi) is 6.27. The predicted molar refractivity (Wildman–Crippen MR) is 110 cm³/mol. The van der Waals surface area contributed by atoms with Gasteiger partial charge < -0.3 is 4.74 Å². The third-order valence-electron chi connectivity index (χ3n) is 8.18. The van der Waals surface area contributed by atoms with Crippen molar-refractivity contribution in [1.82, 2.24) is 0 Å². The SMILES string of the molecule is CCCC1CCC2CC(C3CCc4cc(C(=O)OC)c(F)c(F)c4C3)CCC2C1. The lowest BCUT2D eigenvalue weighted by molar-refractivity contribution is 0.0593. The molecule has 5 unspecified atom stereocenters. The number of ether oxygens (including phenoxy) is 1. The van der Waals surface area contributed by atoms with E-state index in [1.807, 2.05) is 0 Å². The molecule has 0 spiro atoms. The number of hydrogen-bond donors (Lipinski definition) is 0. The lowest BCUT2D eigenvalue weighted by Crippen LogP contribution is -2.35. The fraction of sp³-hybridized carbons (Fsp3) is 0.720. The molecule has 0 saturated heterocycles. The summed E-state index contributed by atoms with van der Waals surface area (Å²) in [5.41, 5.74) is 1.01. The minimum Gasteiger partial charge on any atom is -0.465 e. The Bertz CT molecular complexity index is 760. The average molecular weight is 405 g/mol. The smallest absolute Gasteiger partial charge is 0.340 e. The van der Waals surface area contributed by atoms with Crippen LogP contribution in [0.25, 0.3) is 0 Å². The maximum atomic E-state index is 14.8. The van der Waals surface area contributed by atoms with E-state index in [4.69, 9.17) is 0 Å². The molecular formula is C25H34F2O2. The molecule has 29 heavy (non-hydrogen) atoms. The van der Waals surface area contributed by atoms with E-state index in [2.05, 4.69) is 11.7 Å². The second-order valence-electron chi connectivity index (χ2n) is 9.75. The maximum absolute atomic E-state index is 14.8. The van der Waals surface area contributed by atoms with E-state index in [1.54, 1.807) is 0 Å². The van der Waals surface area contributed by atoms with E-state index < -0.39 is 17.6 Å². The van der Waals surface area contributed by atoms with Gasteiger partial charge in [-0.15, -0.1) is 0 Å². The number of hydrogen-bond acceptors (Lipinski definition) is 2. The molecule has 4 rings (SSSR count). The normalized spacial score (nSPS) is 31.7. The number of methoxy groups -OCH3 is 1. The molecule has 1 aromatic carbocycles. The fourth-order valence-corrected chi connectivity index (χ4v) is 6.65. The zero-order valence-electron chi connectivity index (χ0n) is 17.8. The van der Waals surface area contributed by atoms with Crippen molar-refractivity contribution in [3.05, 3.63) is 34.4 Å². The Morgan fingerprint density at radius 2 is 1.69 bits per heavy atom. The van der Waals surface area contributed by atoms with E-state index in [0.29, 0.717) is 23.8 Å². The summed E-state index contributed by atoms with van der Waals surface area (Å²) in [5.74, 6) is 1.06. The number of halogens is 2. The summed E-state index contributed by atoms with van der Waals surface area (Å²) < 4.78 is 33.8. The second-order valence-corrected chi connectivity index (χ2v) is 9.75. The van der Waals surface area contributed by atoms with Crippen molar-refractivity contribution in [3.63, 3.8) is 0 Å². The number of fused-ring (bicyclic) bond motifs is 2. The Hall–Kier alpha value is -1.45. The maximum Gasteiger partial charge on any atom is 0.340 e. The molecule has 3 aliphatic carbocycles. The monoisotopic (exact) mass is 404 g/mol. The molecule has 160 valence electrons. The molecule has 3 aliphatic rings. The highest BCUT2D eigenvalue weighted by Gasteiger charge is 2.39. The lowest BCUT2D eigenvalue weighted by atomic mass is 9.61. The van der Waals surface area contributed by atoms with Crippen LogP contribution in [0.4, 0.5) is 8.78 Å². The van der Waals surface area contributed by atoms with Gasteiger partial charge in [-0.3, -0.25) is 0 Å². The molecular weight excluding hydrogens is 370 g/mol. The van der Waals surface area contributed by atoms with E-state index in [-0.39, 0.29) is 5.56 Å². The second kappa shape index (κ2) is 8.73. The number of benzene rings is 1. The molecule has 1 aromatic rings. The summed E-state index contributed by atoms with van der Waals surface area (Å²) in [6, 6.07) is 1.52. The molecule has 5 atom stereocenters. The molecule has 0 aromatic heterocycles. The zero-order chi connectivity index (χ0) is 20.5. The van der Waals surface area contributed by atoms with Gasteiger partial charge in [0.25, 0.3) is 0 Å². The average Bonchev–Trinajstić information content (AvgIpc) is 2.75. The van der Waals surface area contributed by atoms with Crippen molar-refractivity contribution in [2.45, 2.75) is 77.6 Å². The topological polar surface area (TPSA) is 26.3 Å². The van der Waals surface area contributed by atoms with Crippen molar-refractivity contribution < 1.29 is 18.3 Å². The molecule has 4 heteroatoms. The van der Waals surface area contributed by atoms with Crippen LogP contribution in [0.1, 0.15) is 86.2 Å². The first-order valence-electron chi connectivity index (χ1n) is 11.6. The fourth-order valence-electron chi connectivity index (χ4n) is 6.65. The predicted octanol–water partition coefficient (Wildman–Crippen LogP) is 6.49. The van der Waals surface area contributed by atoms with Crippen LogP contribution in [0.15, 0.2) is 6.07 Å². The van der Waals surface area contributed by atoms with Crippen LogP contribution in [0.2, 0.25) is 0 Å². The number of rotatable bonds is 4. The van der Waals surface area contributed by atoms with Gasteiger partial charge in [-0.25, -0.2) is 13.6 Å². The molecule has 0 heterocycles. The van der Waals surface area contributed by atoms with Crippen LogP contribution < -0.4 is 0 Å². The minimum atomic E-state index is -1.05. The Morgan fingerprint density at radius 3 is 2.41 bits per heavy atom. The Labute approximate surface area is 173 Å². The van der Waals surface area contributed by atoms with Crippen molar-refractivity contribution in [2.75, 3.05) is 7.11 Å². The molecule has 0 N–H and O–H groups in total. The molecule has 2 fully saturated rings. The summed E-state index contributed by atoms with van der Waals surface area (Å²) in [6.45, 7) is 2.29. The van der Waals surface area contributed by atoms with Crippen LogP contribution >= 0.6 is 0 Å².